The highest BCUT2D eigenvalue weighted by atomic mass is 19.1. The molecular weight excluding hydrogens is 539 g/mol. The van der Waals surface area contributed by atoms with Gasteiger partial charge in [-0.05, 0) is 107 Å². The highest BCUT2D eigenvalue weighted by Gasteiger charge is 2.43. The average Bonchev–Trinajstić information content (AvgIpc) is 3.01. The summed E-state index contributed by atoms with van der Waals surface area (Å²) in [7, 11) is 0. The minimum Gasteiger partial charge on any atom is -0.351 e. The van der Waals surface area contributed by atoms with E-state index >= 15 is 0 Å². The molecule has 0 bridgehead atoms. The lowest BCUT2D eigenvalue weighted by Crippen LogP contribution is -2.63. The number of benzene rings is 2. The molecule has 43 heavy (non-hydrogen) atoms. The second kappa shape index (κ2) is 16.3. The zero-order valence-corrected chi connectivity index (χ0v) is 26.8. The van der Waals surface area contributed by atoms with Crippen molar-refractivity contribution in [2.45, 2.75) is 110 Å². The molecule has 2 aromatic rings. The van der Waals surface area contributed by atoms with Crippen LogP contribution in [-0.2, 0) is 16.1 Å². The normalized spacial score (nSPS) is 22.7. The van der Waals surface area contributed by atoms with Crippen LogP contribution in [0, 0.1) is 19.7 Å². The summed E-state index contributed by atoms with van der Waals surface area (Å²) in [6.07, 6.45) is 11.9. The molecule has 0 spiro atoms. The zero-order valence-electron chi connectivity index (χ0n) is 26.8. The minimum absolute atomic E-state index is 0.00980. The number of piperidine rings is 2. The van der Waals surface area contributed by atoms with Gasteiger partial charge in [0.2, 0.25) is 5.91 Å². The van der Waals surface area contributed by atoms with Gasteiger partial charge in [0, 0.05) is 18.7 Å². The van der Waals surface area contributed by atoms with Crippen molar-refractivity contribution in [3.8, 4) is 0 Å². The molecule has 6 nitrogen and oxygen atoms in total. The first kappa shape index (κ1) is 33.1. The highest BCUT2D eigenvalue weighted by molar-refractivity contribution is 5.95. The van der Waals surface area contributed by atoms with E-state index in [-0.39, 0.29) is 29.7 Å². The van der Waals surface area contributed by atoms with E-state index in [2.05, 4.69) is 54.5 Å². The van der Waals surface area contributed by atoms with Crippen LogP contribution in [0.4, 0.5) is 10.1 Å². The number of likely N-dealkylation sites (tertiary alicyclic amines) is 2. The van der Waals surface area contributed by atoms with Crippen molar-refractivity contribution in [1.29, 1.82) is 0 Å². The third kappa shape index (κ3) is 9.12. The maximum absolute atomic E-state index is 13.8. The van der Waals surface area contributed by atoms with Crippen LogP contribution in [-0.4, -0.2) is 66.0 Å². The van der Waals surface area contributed by atoms with Crippen LogP contribution in [0.2, 0.25) is 0 Å². The van der Waals surface area contributed by atoms with Crippen LogP contribution < -0.4 is 10.6 Å². The summed E-state index contributed by atoms with van der Waals surface area (Å²) in [6.45, 7) is 11.9. The number of para-hydroxylation sites is 1. The van der Waals surface area contributed by atoms with Crippen molar-refractivity contribution in [3.05, 3.63) is 65.0 Å². The lowest BCUT2D eigenvalue weighted by atomic mass is 9.95. The maximum atomic E-state index is 13.8. The first-order chi connectivity index (χ1) is 20.8. The largest absolute Gasteiger partial charge is 0.351 e. The molecule has 2 aliphatic rings. The Kier molecular flexibility index (Phi) is 12.6. The highest BCUT2D eigenvalue weighted by Crippen LogP contribution is 2.30. The molecule has 2 saturated heterocycles. The van der Waals surface area contributed by atoms with Crippen molar-refractivity contribution < 1.29 is 18.5 Å². The molecule has 0 aromatic heterocycles. The number of halogens is 1. The van der Waals surface area contributed by atoms with Crippen molar-refractivity contribution in [2.75, 3.05) is 38.0 Å². The Bertz CT molecular complexity index is 1170. The summed E-state index contributed by atoms with van der Waals surface area (Å²) in [5, 5.41) is 6.43. The van der Waals surface area contributed by atoms with Crippen molar-refractivity contribution in [2.24, 2.45) is 0 Å². The van der Waals surface area contributed by atoms with Crippen LogP contribution in [0.25, 0.3) is 0 Å². The molecule has 2 heterocycles. The summed E-state index contributed by atoms with van der Waals surface area (Å²) in [5.74, 6) is 0.0124. The molecule has 2 fully saturated rings. The quantitative estimate of drug-likeness (QED) is 0.185. The van der Waals surface area contributed by atoms with E-state index in [0.29, 0.717) is 6.54 Å². The summed E-state index contributed by atoms with van der Waals surface area (Å²) in [5.41, 5.74) is 4.13. The van der Waals surface area contributed by atoms with E-state index in [1.165, 1.54) is 18.6 Å². The van der Waals surface area contributed by atoms with Crippen molar-refractivity contribution in [1.82, 2.24) is 10.2 Å². The van der Waals surface area contributed by atoms with Gasteiger partial charge in [0.15, 0.2) is 6.04 Å². The van der Waals surface area contributed by atoms with Crippen molar-refractivity contribution in [3.63, 3.8) is 0 Å². The lowest BCUT2D eigenvalue weighted by molar-refractivity contribution is -0.947. The smallest absolute Gasteiger partial charge is 0.282 e. The van der Waals surface area contributed by atoms with Crippen LogP contribution in [0.15, 0.2) is 42.5 Å². The molecular formula is C36H54FN4O2+. The van der Waals surface area contributed by atoms with E-state index in [4.69, 9.17) is 0 Å². The molecule has 2 N–H and O–H groups in total. The van der Waals surface area contributed by atoms with E-state index in [0.717, 1.165) is 124 Å². The molecule has 0 radical (unpaired) electrons. The summed E-state index contributed by atoms with van der Waals surface area (Å²) >= 11 is 0. The van der Waals surface area contributed by atoms with Crippen LogP contribution in [0.3, 0.4) is 0 Å². The Morgan fingerprint density at radius 3 is 2.35 bits per heavy atom. The first-order valence-electron chi connectivity index (χ1n) is 16.8. The Balaban J connectivity index is 1.31. The van der Waals surface area contributed by atoms with Crippen LogP contribution in [0.1, 0.15) is 94.2 Å². The van der Waals surface area contributed by atoms with Gasteiger partial charge in [-0.2, -0.15) is 0 Å². The van der Waals surface area contributed by atoms with Gasteiger partial charge in [0.25, 0.3) is 5.91 Å². The predicted molar refractivity (Wildman–Crippen MR) is 173 cm³/mol. The van der Waals surface area contributed by atoms with Gasteiger partial charge in [0.1, 0.15) is 5.82 Å². The summed E-state index contributed by atoms with van der Waals surface area (Å²) < 4.78 is 14.2. The predicted octanol–water partition coefficient (Wildman–Crippen LogP) is 6.89. The molecule has 2 amide bonds. The number of carbonyl (C=O) groups excluding carboxylic acids is 2. The third-order valence-electron chi connectivity index (χ3n) is 9.83. The molecule has 236 valence electrons. The third-order valence-corrected chi connectivity index (χ3v) is 9.83. The topological polar surface area (TPSA) is 61.4 Å². The molecule has 2 aromatic carbocycles. The van der Waals surface area contributed by atoms with Gasteiger partial charge < -0.3 is 15.1 Å². The van der Waals surface area contributed by atoms with Gasteiger partial charge >= 0.3 is 0 Å². The molecule has 0 aliphatic carbocycles. The SMILES string of the molecule is CCCC[N+]1(CCCCCN2CCCCC2C(=O)NCc2ccc(F)cc2)CCCCC1C(=O)Nc1c(C)cccc1C. The number of amides is 2. The Labute approximate surface area is 259 Å². The molecule has 0 saturated carbocycles. The van der Waals surface area contributed by atoms with Gasteiger partial charge in [0.05, 0.1) is 25.7 Å². The van der Waals surface area contributed by atoms with E-state index in [9.17, 15) is 14.0 Å². The maximum Gasteiger partial charge on any atom is 0.282 e. The second-order valence-corrected chi connectivity index (χ2v) is 13.0. The van der Waals surface area contributed by atoms with E-state index in [1.807, 2.05) is 0 Å². The number of hydrogen-bond donors (Lipinski definition) is 2. The fourth-order valence-electron chi connectivity index (χ4n) is 7.30. The minimum atomic E-state index is -0.261. The van der Waals surface area contributed by atoms with Gasteiger partial charge in [-0.1, -0.05) is 50.1 Å². The van der Waals surface area contributed by atoms with Crippen LogP contribution in [0.5, 0.6) is 0 Å². The number of nitrogens with zero attached hydrogens (tertiary/aromatic N) is 2. The van der Waals surface area contributed by atoms with E-state index in [1.54, 1.807) is 12.1 Å². The molecule has 2 aliphatic heterocycles. The average molecular weight is 594 g/mol. The number of unbranched alkanes of at least 4 members (excludes halogenated alkanes) is 3. The standard InChI is InChI=1S/C36H53FN4O2/c1-4-5-24-41(26-12-8-17-33(41)36(43)39-34-28(2)14-13-15-29(34)3)25-11-6-9-22-40-23-10-7-16-32(40)35(42)38-27-30-18-20-31(37)21-19-30/h13-15,18-21,32-33H,4-12,16-17,22-27H2,1-3H3,(H-,38,39,42,43)/p+1. The monoisotopic (exact) mass is 593 g/mol. The van der Waals surface area contributed by atoms with Gasteiger partial charge in [-0.15, -0.1) is 0 Å². The Hall–Kier alpha value is -2.77. The van der Waals surface area contributed by atoms with Gasteiger partial charge in [-0.25, -0.2) is 4.39 Å². The number of nitrogens with one attached hydrogen (secondary N) is 2. The Morgan fingerprint density at radius 1 is 0.884 bits per heavy atom. The molecule has 3 atom stereocenters. The number of rotatable bonds is 14. The van der Waals surface area contributed by atoms with Gasteiger partial charge in [-0.3, -0.25) is 14.5 Å². The number of carbonyl (C=O) groups is 2. The molecule has 4 rings (SSSR count). The number of anilines is 1. The number of quaternary nitrogens is 1. The second-order valence-electron chi connectivity index (χ2n) is 13.0. The molecule has 7 heteroatoms. The fraction of sp³-hybridized carbons (Fsp3) is 0.611. The zero-order chi connectivity index (χ0) is 30.7. The summed E-state index contributed by atoms with van der Waals surface area (Å²) in [4.78, 5) is 29.3. The Morgan fingerprint density at radius 2 is 1.60 bits per heavy atom. The van der Waals surface area contributed by atoms with E-state index < -0.39 is 0 Å². The summed E-state index contributed by atoms with van der Waals surface area (Å²) in [6, 6.07) is 12.4. The fourth-order valence-corrected chi connectivity index (χ4v) is 7.30. The number of aryl methyl sites for hydroxylation is 2. The molecule has 3 unspecified atom stereocenters. The number of hydrogen-bond acceptors (Lipinski definition) is 3. The van der Waals surface area contributed by atoms with Crippen molar-refractivity contribution >= 4 is 17.5 Å². The first-order valence-corrected chi connectivity index (χ1v) is 16.8. The van der Waals surface area contributed by atoms with Crippen LogP contribution >= 0.6 is 0 Å². The lowest BCUT2D eigenvalue weighted by Gasteiger charge is -2.47.